The third kappa shape index (κ3) is 4.08. The van der Waals surface area contributed by atoms with E-state index in [0.717, 1.165) is 35.5 Å². The van der Waals surface area contributed by atoms with Crippen molar-refractivity contribution in [1.82, 2.24) is 9.88 Å². The van der Waals surface area contributed by atoms with Crippen LogP contribution in [-0.4, -0.2) is 30.0 Å². The first-order valence-electron chi connectivity index (χ1n) is 7.28. The van der Waals surface area contributed by atoms with E-state index >= 15 is 0 Å². The van der Waals surface area contributed by atoms with E-state index in [2.05, 4.69) is 22.1 Å². The molecule has 1 atom stereocenters. The highest BCUT2D eigenvalue weighted by Crippen LogP contribution is 2.23. The lowest BCUT2D eigenvalue weighted by atomic mass is 9.98. The fraction of sp³-hybridized carbons (Fsp3) is 0.667. The van der Waals surface area contributed by atoms with E-state index < -0.39 is 0 Å². The molecule has 1 aromatic heterocycles. The van der Waals surface area contributed by atoms with Gasteiger partial charge in [-0.3, -0.25) is 4.90 Å². The molecule has 106 valence electrons. The van der Waals surface area contributed by atoms with Crippen LogP contribution in [0.1, 0.15) is 38.3 Å². The van der Waals surface area contributed by atoms with Crippen molar-refractivity contribution in [1.29, 1.82) is 0 Å². The van der Waals surface area contributed by atoms with E-state index in [9.17, 15) is 0 Å². The molecule has 0 spiro atoms. The Morgan fingerprint density at radius 2 is 2.21 bits per heavy atom. The fourth-order valence-electron chi connectivity index (χ4n) is 2.74. The lowest BCUT2D eigenvalue weighted by Crippen LogP contribution is -2.25. The maximum atomic E-state index is 6.25. The van der Waals surface area contributed by atoms with E-state index in [-0.39, 0.29) is 0 Å². The minimum Gasteiger partial charge on any atom is -0.373 e. The van der Waals surface area contributed by atoms with Gasteiger partial charge in [0.15, 0.2) is 0 Å². The molecule has 0 radical (unpaired) electrons. The molecule has 1 aliphatic heterocycles. The van der Waals surface area contributed by atoms with Crippen molar-refractivity contribution in [2.45, 2.75) is 39.2 Å². The largest absolute Gasteiger partial charge is 0.373 e. The zero-order chi connectivity index (χ0) is 13.7. The second kappa shape index (κ2) is 7.11. The second-order valence-corrected chi connectivity index (χ2v) is 5.76. The Bertz CT molecular complexity index is 408. The van der Waals surface area contributed by atoms with Gasteiger partial charge in [-0.15, -0.1) is 0 Å². The van der Waals surface area contributed by atoms with Crippen LogP contribution in [0.25, 0.3) is 0 Å². The van der Waals surface area contributed by atoms with Crippen molar-refractivity contribution in [2.24, 2.45) is 5.92 Å². The number of pyridine rings is 1. The number of halogens is 1. The molecule has 4 heteroatoms. The summed E-state index contributed by atoms with van der Waals surface area (Å²) in [4.78, 5) is 7.06. The summed E-state index contributed by atoms with van der Waals surface area (Å²) in [5, 5.41) is 3.85. The highest BCUT2D eigenvalue weighted by Gasteiger charge is 2.17. The summed E-state index contributed by atoms with van der Waals surface area (Å²) >= 11 is 6.25. The first kappa shape index (κ1) is 14.6. The van der Waals surface area contributed by atoms with Crippen LogP contribution in [0.4, 0.5) is 5.82 Å². The van der Waals surface area contributed by atoms with Crippen LogP contribution >= 0.6 is 11.6 Å². The summed E-state index contributed by atoms with van der Waals surface area (Å²) in [6, 6.07) is 3.85. The van der Waals surface area contributed by atoms with Gasteiger partial charge in [-0.05, 0) is 50.4 Å². The van der Waals surface area contributed by atoms with E-state index in [1.807, 2.05) is 19.2 Å². The highest BCUT2D eigenvalue weighted by molar-refractivity contribution is 6.31. The van der Waals surface area contributed by atoms with Gasteiger partial charge in [0.25, 0.3) is 0 Å². The number of anilines is 1. The molecule has 1 aromatic rings. The molecule has 1 aliphatic rings. The topological polar surface area (TPSA) is 28.2 Å². The Kier molecular flexibility index (Phi) is 5.46. The summed E-state index contributed by atoms with van der Waals surface area (Å²) in [6.07, 6.45) is 5.27. The van der Waals surface area contributed by atoms with Crippen LogP contribution in [0.5, 0.6) is 0 Å². The van der Waals surface area contributed by atoms with Crippen LogP contribution in [-0.2, 0) is 6.54 Å². The van der Waals surface area contributed by atoms with Gasteiger partial charge >= 0.3 is 0 Å². The van der Waals surface area contributed by atoms with Gasteiger partial charge in [0.2, 0.25) is 0 Å². The predicted octanol–water partition coefficient (Wildman–Crippen LogP) is 3.79. The van der Waals surface area contributed by atoms with Crippen molar-refractivity contribution < 1.29 is 0 Å². The molecule has 0 amide bonds. The smallest absolute Gasteiger partial charge is 0.126 e. The van der Waals surface area contributed by atoms with Gasteiger partial charge < -0.3 is 5.32 Å². The Morgan fingerprint density at radius 3 is 2.95 bits per heavy atom. The van der Waals surface area contributed by atoms with Crippen molar-refractivity contribution in [3.8, 4) is 0 Å². The Hall–Kier alpha value is -0.800. The predicted molar refractivity (Wildman–Crippen MR) is 81.7 cm³/mol. The van der Waals surface area contributed by atoms with Crippen LogP contribution in [0.3, 0.4) is 0 Å². The third-order valence-corrected chi connectivity index (χ3v) is 4.41. The van der Waals surface area contributed by atoms with Gasteiger partial charge in [-0.2, -0.15) is 0 Å². The summed E-state index contributed by atoms with van der Waals surface area (Å²) in [5.74, 6) is 1.79. The molecule has 3 nitrogen and oxygen atoms in total. The molecule has 0 aliphatic carbocycles. The lowest BCUT2D eigenvalue weighted by Gasteiger charge is -2.20. The summed E-state index contributed by atoms with van der Waals surface area (Å²) in [5.41, 5.74) is 0.989. The number of hydrogen-bond donors (Lipinski definition) is 1. The fourth-order valence-corrected chi connectivity index (χ4v) is 2.90. The van der Waals surface area contributed by atoms with Crippen LogP contribution in [0.15, 0.2) is 12.1 Å². The van der Waals surface area contributed by atoms with Crippen LogP contribution in [0, 0.1) is 5.92 Å². The first-order chi connectivity index (χ1) is 9.22. The third-order valence-electron chi connectivity index (χ3n) is 4.07. The highest BCUT2D eigenvalue weighted by atomic mass is 35.5. The summed E-state index contributed by atoms with van der Waals surface area (Å²) in [7, 11) is 1.89. The van der Waals surface area contributed by atoms with E-state index in [1.165, 1.54) is 32.2 Å². The molecule has 0 bridgehead atoms. The number of aromatic nitrogens is 1. The van der Waals surface area contributed by atoms with Gasteiger partial charge in [0, 0.05) is 13.6 Å². The number of nitrogens with one attached hydrogen (secondary N) is 1. The Morgan fingerprint density at radius 1 is 1.37 bits per heavy atom. The van der Waals surface area contributed by atoms with Gasteiger partial charge in [-0.1, -0.05) is 24.9 Å². The number of hydrogen-bond acceptors (Lipinski definition) is 3. The molecule has 0 saturated carbocycles. The molecule has 1 fully saturated rings. The quantitative estimate of drug-likeness (QED) is 0.910. The Balaban J connectivity index is 2.00. The standard InChI is InChI=1S/C15H24ClN3/c1-3-12-5-4-9-19(10-8-12)11-14-13(16)6-7-15(17-2)18-14/h6-7,12H,3-5,8-11H2,1-2H3,(H,17,18). The minimum atomic E-state index is 0.773. The maximum Gasteiger partial charge on any atom is 0.126 e. The zero-order valence-corrected chi connectivity index (χ0v) is 12.7. The molecule has 1 unspecified atom stereocenters. The first-order valence-corrected chi connectivity index (χ1v) is 7.66. The van der Waals surface area contributed by atoms with Gasteiger partial charge in [0.05, 0.1) is 10.7 Å². The van der Waals surface area contributed by atoms with Crippen LogP contribution < -0.4 is 5.32 Å². The molecule has 2 heterocycles. The zero-order valence-electron chi connectivity index (χ0n) is 12.0. The molecular weight excluding hydrogens is 258 g/mol. The molecule has 2 rings (SSSR count). The van der Waals surface area contributed by atoms with Crippen molar-refractivity contribution >= 4 is 17.4 Å². The Labute approximate surface area is 121 Å². The number of nitrogens with zero attached hydrogens (tertiary/aromatic N) is 2. The average molecular weight is 282 g/mol. The molecular formula is C15H24ClN3. The second-order valence-electron chi connectivity index (χ2n) is 5.36. The van der Waals surface area contributed by atoms with Gasteiger partial charge in [-0.25, -0.2) is 4.98 Å². The van der Waals surface area contributed by atoms with Crippen LogP contribution in [0.2, 0.25) is 5.02 Å². The summed E-state index contributed by atoms with van der Waals surface area (Å²) in [6.45, 7) is 5.50. The van der Waals surface area contributed by atoms with Crippen molar-refractivity contribution in [3.05, 3.63) is 22.8 Å². The molecule has 1 saturated heterocycles. The van der Waals surface area contributed by atoms with E-state index in [4.69, 9.17) is 11.6 Å². The normalized spacial score (nSPS) is 21.1. The van der Waals surface area contributed by atoms with E-state index in [0.29, 0.717) is 0 Å². The van der Waals surface area contributed by atoms with Crippen molar-refractivity contribution in [2.75, 3.05) is 25.5 Å². The number of likely N-dealkylation sites (tertiary alicyclic amines) is 1. The summed E-state index contributed by atoms with van der Waals surface area (Å²) < 4.78 is 0. The van der Waals surface area contributed by atoms with Crippen molar-refractivity contribution in [3.63, 3.8) is 0 Å². The van der Waals surface area contributed by atoms with Gasteiger partial charge in [0.1, 0.15) is 5.82 Å². The maximum absolute atomic E-state index is 6.25. The molecule has 19 heavy (non-hydrogen) atoms. The molecule has 1 N–H and O–H groups in total. The number of rotatable bonds is 4. The minimum absolute atomic E-state index is 0.773. The van der Waals surface area contributed by atoms with E-state index in [1.54, 1.807) is 0 Å². The molecule has 0 aromatic carbocycles. The lowest BCUT2D eigenvalue weighted by molar-refractivity contribution is 0.269. The monoisotopic (exact) mass is 281 g/mol. The SMILES string of the molecule is CCC1CCCN(Cc2nc(NC)ccc2Cl)CC1. The average Bonchev–Trinajstić information content (AvgIpc) is 2.66.